The van der Waals surface area contributed by atoms with Crippen molar-refractivity contribution < 1.29 is 17.9 Å². The van der Waals surface area contributed by atoms with Gasteiger partial charge in [-0.2, -0.15) is 4.31 Å². The van der Waals surface area contributed by atoms with Crippen molar-refractivity contribution in [1.82, 2.24) is 4.31 Å². The highest BCUT2D eigenvalue weighted by Crippen LogP contribution is 2.29. The molecule has 5 nitrogen and oxygen atoms in total. The molecule has 1 aliphatic rings. The normalized spacial score (nSPS) is 19.3. The molecule has 1 saturated heterocycles. The number of carbonyl (C=O) groups excluding carboxylic acids is 1. The summed E-state index contributed by atoms with van der Waals surface area (Å²) < 4.78 is 32.7. The topological polar surface area (TPSA) is 63.7 Å². The van der Waals surface area contributed by atoms with Crippen LogP contribution in [-0.4, -0.2) is 38.4 Å². The molecule has 0 bridgehead atoms. The molecule has 0 spiro atoms. The molecule has 0 amide bonds. The minimum Gasteiger partial charge on any atom is -0.466 e. The van der Waals surface area contributed by atoms with Crippen molar-refractivity contribution in [3.05, 3.63) is 42.5 Å². The molecular weight excluding hydrogens is 326 g/mol. The van der Waals surface area contributed by atoms with E-state index in [4.69, 9.17) is 4.74 Å². The van der Waals surface area contributed by atoms with Crippen LogP contribution in [0.3, 0.4) is 0 Å². The summed E-state index contributed by atoms with van der Waals surface area (Å²) in [6.45, 7) is 2.68. The molecule has 0 aliphatic carbocycles. The zero-order valence-electron chi connectivity index (χ0n) is 13.6. The standard InChI is InChI=1S/C18H21NO4S/c1-2-23-18(20)15-9-6-12-19(13-15)24(21,22)17-11-5-8-14-7-3-4-10-16(14)17/h3-5,7-8,10-11,15H,2,6,9,12-13H2,1H3. The number of rotatable bonds is 4. The van der Waals surface area contributed by atoms with Gasteiger partial charge in [0.25, 0.3) is 0 Å². The zero-order valence-corrected chi connectivity index (χ0v) is 14.5. The molecule has 1 aliphatic heterocycles. The summed E-state index contributed by atoms with van der Waals surface area (Å²) >= 11 is 0. The molecule has 1 unspecified atom stereocenters. The van der Waals surface area contributed by atoms with Gasteiger partial charge in [-0.15, -0.1) is 0 Å². The molecule has 1 atom stereocenters. The number of fused-ring (bicyclic) bond motifs is 1. The van der Waals surface area contributed by atoms with Gasteiger partial charge in [-0.05, 0) is 31.2 Å². The SMILES string of the molecule is CCOC(=O)C1CCCN(S(=O)(=O)c2cccc3ccccc23)C1. The van der Waals surface area contributed by atoms with Gasteiger partial charge in [0.15, 0.2) is 0 Å². The monoisotopic (exact) mass is 347 g/mol. The Morgan fingerprint density at radius 2 is 1.96 bits per heavy atom. The van der Waals surface area contributed by atoms with Crippen LogP contribution < -0.4 is 0 Å². The number of nitrogens with zero attached hydrogens (tertiary/aromatic N) is 1. The van der Waals surface area contributed by atoms with E-state index in [0.717, 1.165) is 5.39 Å². The number of esters is 1. The van der Waals surface area contributed by atoms with Crippen molar-refractivity contribution in [3.8, 4) is 0 Å². The molecule has 1 heterocycles. The smallest absolute Gasteiger partial charge is 0.310 e. The maximum Gasteiger partial charge on any atom is 0.310 e. The first-order chi connectivity index (χ1) is 11.5. The number of carbonyl (C=O) groups is 1. The first kappa shape index (κ1) is 16.9. The van der Waals surface area contributed by atoms with Crippen molar-refractivity contribution in [2.75, 3.05) is 19.7 Å². The van der Waals surface area contributed by atoms with Gasteiger partial charge < -0.3 is 4.74 Å². The average molecular weight is 347 g/mol. The third kappa shape index (κ3) is 3.16. The van der Waals surface area contributed by atoms with Gasteiger partial charge in [-0.25, -0.2) is 8.42 Å². The molecule has 128 valence electrons. The predicted molar refractivity (Wildman–Crippen MR) is 92.1 cm³/mol. The van der Waals surface area contributed by atoms with Crippen molar-refractivity contribution >= 4 is 26.8 Å². The van der Waals surface area contributed by atoms with Crippen LogP contribution in [0.4, 0.5) is 0 Å². The quantitative estimate of drug-likeness (QED) is 0.798. The van der Waals surface area contributed by atoms with Gasteiger partial charge in [0, 0.05) is 18.5 Å². The first-order valence-corrected chi connectivity index (χ1v) is 9.62. The van der Waals surface area contributed by atoms with Crippen LogP contribution in [0.1, 0.15) is 19.8 Å². The van der Waals surface area contributed by atoms with Crippen LogP contribution >= 0.6 is 0 Å². The largest absolute Gasteiger partial charge is 0.466 e. The number of sulfonamides is 1. The van der Waals surface area contributed by atoms with Crippen molar-refractivity contribution in [2.24, 2.45) is 5.92 Å². The highest BCUT2D eigenvalue weighted by Gasteiger charge is 2.34. The van der Waals surface area contributed by atoms with E-state index < -0.39 is 10.0 Å². The van der Waals surface area contributed by atoms with Crippen LogP contribution in [-0.2, 0) is 19.6 Å². The summed E-state index contributed by atoms with van der Waals surface area (Å²) in [6, 6.07) is 12.7. The van der Waals surface area contributed by atoms with Crippen LogP contribution in [0.15, 0.2) is 47.4 Å². The second-order valence-corrected chi connectivity index (χ2v) is 7.84. The molecule has 1 fully saturated rings. The lowest BCUT2D eigenvalue weighted by atomic mass is 10.0. The number of benzene rings is 2. The molecule has 24 heavy (non-hydrogen) atoms. The molecule has 2 aromatic rings. The van der Waals surface area contributed by atoms with Crippen molar-refractivity contribution in [1.29, 1.82) is 0 Å². The zero-order chi connectivity index (χ0) is 17.2. The minimum absolute atomic E-state index is 0.185. The third-order valence-corrected chi connectivity index (χ3v) is 6.29. The number of hydrogen-bond donors (Lipinski definition) is 0. The molecule has 0 radical (unpaired) electrons. The van der Waals surface area contributed by atoms with E-state index in [-0.39, 0.29) is 18.4 Å². The summed E-state index contributed by atoms with van der Waals surface area (Å²) in [4.78, 5) is 12.3. The summed E-state index contributed by atoms with van der Waals surface area (Å²) in [5.41, 5.74) is 0. The Kier molecular flexibility index (Phi) is 4.87. The van der Waals surface area contributed by atoms with Gasteiger partial charge in [0.2, 0.25) is 10.0 Å². The highest BCUT2D eigenvalue weighted by atomic mass is 32.2. The lowest BCUT2D eigenvalue weighted by Crippen LogP contribution is -2.42. The van der Waals surface area contributed by atoms with E-state index in [1.54, 1.807) is 19.1 Å². The molecule has 0 N–H and O–H groups in total. The van der Waals surface area contributed by atoms with Gasteiger partial charge in [0.1, 0.15) is 0 Å². The van der Waals surface area contributed by atoms with Crippen LogP contribution in [0.25, 0.3) is 10.8 Å². The summed E-state index contributed by atoms with van der Waals surface area (Å²) in [5, 5.41) is 1.59. The highest BCUT2D eigenvalue weighted by molar-refractivity contribution is 7.89. The predicted octanol–water partition coefficient (Wildman–Crippen LogP) is 2.80. The summed E-state index contributed by atoms with van der Waals surface area (Å²) in [5.74, 6) is -0.696. The van der Waals surface area contributed by atoms with Crippen molar-refractivity contribution in [3.63, 3.8) is 0 Å². The van der Waals surface area contributed by atoms with Gasteiger partial charge in [0.05, 0.1) is 17.4 Å². The Hall–Kier alpha value is -1.92. The molecule has 3 rings (SSSR count). The molecule has 0 aromatic heterocycles. The maximum atomic E-state index is 13.1. The summed E-state index contributed by atoms with van der Waals surface area (Å²) in [7, 11) is -3.64. The molecule has 0 saturated carbocycles. The van der Waals surface area contributed by atoms with E-state index in [0.29, 0.717) is 36.3 Å². The Morgan fingerprint density at radius 1 is 1.21 bits per heavy atom. The van der Waals surface area contributed by atoms with Crippen molar-refractivity contribution in [2.45, 2.75) is 24.7 Å². The third-order valence-electron chi connectivity index (χ3n) is 4.37. The Bertz CT molecular complexity index is 842. The fourth-order valence-corrected chi connectivity index (χ4v) is 4.91. The lowest BCUT2D eigenvalue weighted by molar-refractivity contribution is -0.149. The average Bonchev–Trinajstić information content (AvgIpc) is 2.61. The Labute approximate surface area is 142 Å². The molecule has 2 aromatic carbocycles. The maximum absolute atomic E-state index is 13.1. The number of hydrogen-bond acceptors (Lipinski definition) is 4. The lowest BCUT2D eigenvalue weighted by Gasteiger charge is -2.31. The van der Waals surface area contributed by atoms with E-state index in [1.807, 2.05) is 30.3 Å². The minimum atomic E-state index is -3.64. The number of ether oxygens (including phenoxy) is 1. The number of piperidine rings is 1. The molecule has 6 heteroatoms. The van der Waals surface area contributed by atoms with Crippen LogP contribution in [0.5, 0.6) is 0 Å². The second-order valence-electron chi connectivity index (χ2n) is 5.93. The van der Waals surface area contributed by atoms with E-state index in [9.17, 15) is 13.2 Å². The molecular formula is C18H21NO4S. The second kappa shape index (κ2) is 6.91. The Morgan fingerprint density at radius 3 is 2.75 bits per heavy atom. The fraction of sp³-hybridized carbons (Fsp3) is 0.389. The van der Waals surface area contributed by atoms with Crippen LogP contribution in [0, 0.1) is 5.92 Å². The van der Waals surface area contributed by atoms with Gasteiger partial charge in [-0.1, -0.05) is 36.4 Å². The van der Waals surface area contributed by atoms with E-state index in [1.165, 1.54) is 4.31 Å². The van der Waals surface area contributed by atoms with Crippen LogP contribution in [0.2, 0.25) is 0 Å². The Balaban J connectivity index is 1.93. The van der Waals surface area contributed by atoms with Gasteiger partial charge >= 0.3 is 5.97 Å². The summed E-state index contributed by atoms with van der Waals surface area (Å²) in [6.07, 6.45) is 1.33. The van der Waals surface area contributed by atoms with Gasteiger partial charge in [-0.3, -0.25) is 4.79 Å². The first-order valence-electron chi connectivity index (χ1n) is 8.18. The fourth-order valence-electron chi connectivity index (χ4n) is 3.17. The van der Waals surface area contributed by atoms with E-state index >= 15 is 0 Å². The van der Waals surface area contributed by atoms with E-state index in [2.05, 4.69) is 0 Å².